The Labute approximate surface area is 178 Å². The summed E-state index contributed by atoms with van der Waals surface area (Å²) >= 11 is 0. The van der Waals surface area contributed by atoms with Crippen molar-refractivity contribution in [3.63, 3.8) is 0 Å². The second-order valence-electron chi connectivity index (χ2n) is 8.32. The Morgan fingerprint density at radius 2 is 1.97 bits per heavy atom. The molecule has 1 aromatic carbocycles. The van der Waals surface area contributed by atoms with Crippen LogP contribution in [0.25, 0.3) is 10.9 Å². The quantitative estimate of drug-likeness (QED) is 0.499. The molecule has 2 aliphatic rings. The van der Waals surface area contributed by atoms with Gasteiger partial charge in [0.1, 0.15) is 18.1 Å². The van der Waals surface area contributed by atoms with Crippen LogP contribution in [0.5, 0.6) is 5.75 Å². The zero-order chi connectivity index (χ0) is 20.9. The number of ether oxygens (including phenoxy) is 2. The first-order valence-electron chi connectivity index (χ1n) is 11.4. The molecule has 0 amide bonds. The molecule has 1 N–H and O–H groups in total. The number of likely N-dealkylation sites (tertiary alicyclic amines) is 1. The zero-order valence-corrected chi connectivity index (χ0v) is 18.3. The van der Waals surface area contributed by atoms with Gasteiger partial charge in [0, 0.05) is 18.0 Å². The van der Waals surface area contributed by atoms with E-state index in [1.165, 1.54) is 42.4 Å². The molecule has 1 fully saturated rings. The maximum absolute atomic E-state index is 11.8. The average molecular weight is 412 g/mol. The highest BCUT2D eigenvalue weighted by molar-refractivity contribution is 5.89. The highest BCUT2D eigenvalue weighted by Gasteiger charge is 2.21. The fourth-order valence-corrected chi connectivity index (χ4v) is 4.65. The van der Waals surface area contributed by atoms with Gasteiger partial charge in [-0.1, -0.05) is 0 Å². The number of pyridine rings is 1. The van der Waals surface area contributed by atoms with Gasteiger partial charge in [-0.05, 0) is 88.2 Å². The number of carbonyl (C=O) groups is 1. The van der Waals surface area contributed by atoms with E-state index in [1.54, 1.807) is 0 Å². The Kier molecular flexibility index (Phi) is 6.72. The van der Waals surface area contributed by atoms with Crippen molar-refractivity contribution in [1.82, 2.24) is 9.88 Å². The van der Waals surface area contributed by atoms with Crippen LogP contribution in [0.1, 0.15) is 49.3 Å². The summed E-state index contributed by atoms with van der Waals surface area (Å²) in [6.07, 6.45) is 6.87. The molecule has 30 heavy (non-hydrogen) atoms. The summed E-state index contributed by atoms with van der Waals surface area (Å²) < 4.78 is 11.2. The van der Waals surface area contributed by atoms with Crippen molar-refractivity contribution >= 4 is 22.7 Å². The number of esters is 1. The average Bonchev–Trinajstić information content (AvgIpc) is 3.42. The van der Waals surface area contributed by atoms with Gasteiger partial charge in [-0.25, -0.2) is 4.98 Å². The number of nitrogens with zero attached hydrogens (tertiary/aromatic N) is 2. The van der Waals surface area contributed by atoms with Gasteiger partial charge in [-0.2, -0.15) is 0 Å². The summed E-state index contributed by atoms with van der Waals surface area (Å²) in [7, 11) is 0. The molecule has 2 heterocycles. The van der Waals surface area contributed by atoms with E-state index in [0.29, 0.717) is 6.61 Å². The lowest BCUT2D eigenvalue weighted by Crippen LogP contribution is -2.22. The second kappa shape index (κ2) is 9.65. The van der Waals surface area contributed by atoms with Crippen molar-refractivity contribution in [2.45, 2.75) is 52.4 Å². The van der Waals surface area contributed by atoms with Gasteiger partial charge in [0.05, 0.1) is 18.7 Å². The SMILES string of the molecule is CCOC(=O)CNc1nc2cc(OCCCN3CCCC3)c(C)cc2c2c1CCC2. The third kappa shape index (κ3) is 4.69. The fourth-order valence-electron chi connectivity index (χ4n) is 4.65. The molecule has 0 unspecified atom stereocenters. The predicted molar refractivity (Wildman–Crippen MR) is 119 cm³/mol. The topological polar surface area (TPSA) is 63.7 Å². The molecule has 162 valence electrons. The first kappa shape index (κ1) is 20.9. The minimum absolute atomic E-state index is 0.143. The standard InChI is InChI=1S/C24H33N3O3/c1-3-29-23(28)16-25-24-19-9-6-8-18(19)20-14-17(2)22(15-21(20)26-24)30-13-7-12-27-10-4-5-11-27/h14-15H,3-13,16H2,1-2H3,(H,25,26). The molecule has 2 aromatic rings. The van der Waals surface area contributed by atoms with Crippen LogP contribution in [0.15, 0.2) is 12.1 Å². The lowest BCUT2D eigenvalue weighted by atomic mass is 10.0. The maximum atomic E-state index is 11.8. The van der Waals surface area contributed by atoms with E-state index in [9.17, 15) is 4.79 Å². The number of anilines is 1. The van der Waals surface area contributed by atoms with E-state index in [-0.39, 0.29) is 12.5 Å². The lowest BCUT2D eigenvalue weighted by molar-refractivity contribution is -0.140. The number of aryl methyl sites for hydroxylation is 2. The molecule has 0 spiro atoms. The second-order valence-corrected chi connectivity index (χ2v) is 8.32. The smallest absolute Gasteiger partial charge is 0.325 e. The van der Waals surface area contributed by atoms with Crippen molar-refractivity contribution in [3.05, 3.63) is 28.8 Å². The van der Waals surface area contributed by atoms with Crippen molar-refractivity contribution in [2.75, 3.05) is 44.7 Å². The van der Waals surface area contributed by atoms with E-state index in [4.69, 9.17) is 14.5 Å². The van der Waals surface area contributed by atoms with Crippen LogP contribution in [0.3, 0.4) is 0 Å². The summed E-state index contributed by atoms with van der Waals surface area (Å²) in [6, 6.07) is 4.28. The largest absolute Gasteiger partial charge is 0.493 e. The van der Waals surface area contributed by atoms with Crippen LogP contribution in [-0.2, 0) is 22.4 Å². The Morgan fingerprint density at radius 3 is 2.77 bits per heavy atom. The van der Waals surface area contributed by atoms with E-state index in [2.05, 4.69) is 29.3 Å². The number of benzene rings is 1. The van der Waals surface area contributed by atoms with Gasteiger partial charge in [0.2, 0.25) is 0 Å². The van der Waals surface area contributed by atoms with Gasteiger partial charge < -0.3 is 19.7 Å². The number of fused-ring (bicyclic) bond motifs is 3. The minimum atomic E-state index is -0.253. The van der Waals surface area contributed by atoms with Crippen molar-refractivity contribution in [3.8, 4) is 5.75 Å². The van der Waals surface area contributed by atoms with E-state index in [1.807, 2.05) is 6.92 Å². The van der Waals surface area contributed by atoms with Crippen LogP contribution < -0.4 is 10.1 Å². The van der Waals surface area contributed by atoms with Gasteiger partial charge >= 0.3 is 5.97 Å². The molecule has 1 aliphatic carbocycles. The third-order valence-corrected chi connectivity index (χ3v) is 6.13. The highest BCUT2D eigenvalue weighted by Crippen LogP contribution is 2.36. The summed E-state index contributed by atoms with van der Waals surface area (Å²) in [4.78, 5) is 19.2. The normalized spacial score (nSPS) is 16.1. The van der Waals surface area contributed by atoms with Crippen molar-refractivity contribution in [2.24, 2.45) is 0 Å². The molecule has 0 saturated carbocycles. The maximum Gasteiger partial charge on any atom is 0.325 e. The number of rotatable bonds is 9. The number of nitrogens with one attached hydrogen (secondary N) is 1. The first-order chi connectivity index (χ1) is 14.7. The molecule has 6 nitrogen and oxygen atoms in total. The molecule has 4 rings (SSSR count). The van der Waals surface area contributed by atoms with Crippen LogP contribution in [0, 0.1) is 6.92 Å². The number of hydrogen-bond donors (Lipinski definition) is 1. The van der Waals surface area contributed by atoms with E-state index < -0.39 is 0 Å². The first-order valence-corrected chi connectivity index (χ1v) is 11.4. The Bertz CT molecular complexity index is 906. The Hall–Kier alpha value is -2.34. The van der Waals surface area contributed by atoms with Crippen molar-refractivity contribution in [1.29, 1.82) is 0 Å². The molecule has 0 bridgehead atoms. The van der Waals surface area contributed by atoms with Gasteiger partial charge in [0.15, 0.2) is 0 Å². The Morgan fingerprint density at radius 1 is 1.17 bits per heavy atom. The van der Waals surface area contributed by atoms with Gasteiger partial charge in [-0.3, -0.25) is 4.79 Å². The van der Waals surface area contributed by atoms with E-state index >= 15 is 0 Å². The number of aromatic nitrogens is 1. The lowest BCUT2D eigenvalue weighted by Gasteiger charge is -2.17. The summed E-state index contributed by atoms with van der Waals surface area (Å²) in [5.41, 5.74) is 4.69. The van der Waals surface area contributed by atoms with E-state index in [0.717, 1.165) is 61.5 Å². The summed E-state index contributed by atoms with van der Waals surface area (Å²) in [5.74, 6) is 1.47. The molecule has 6 heteroatoms. The molecule has 1 saturated heterocycles. The van der Waals surface area contributed by atoms with Gasteiger partial charge in [-0.15, -0.1) is 0 Å². The van der Waals surface area contributed by atoms with Crippen LogP contribution in [0.4, 0.5) is 5.82 Å². The van der Waals surface area contributed by atoms with Crippen LogP contribution in [-0.4, -0.2) is 55.2 Å². The monoisotopic (exact) mass is 411 g/mol. The zero-order valence-electron chi connectivity index (χ0n) is 18.3. The minimum Gasteiger partial charge on any atom is -0.493 e. The third-order valence-electron chi connectivity index (χ3n) is 6.13. The molecule has 0 radical (unpaired) electrons. The van der Waals surface area contributed by atoms with Crippen LogP contribution in [0.2, 0.25) is 0 Å². The number of hydrogen-bond acceptors (Lipinski definition) is 6. The summed E-state index contributed by atoms with van der Waals surface area (Å²) in [6.45, 7) is 8.76. The highest BCUT2D eigenvalue weighted by atomic mass is 16.5. The predicted octanol–water partition coefficient (Wildman–Crippen LogP) is 3.87. The molecule has 1 aliphatic heterocycles. The molecular formula is C24H33N3O3. The van der Waals surface area contributed by atoms with Crippen LogP contribution >= 0.6 is 0 Å². The molecular weight excluding hydrogens is 378 g/mol. The molecule has 1 aromatic heterocycles. The summed E-state index contributed by atoms with van der Waals surface area (Å²) in [5, 5.41) is 4.42. The Balaban J connectivity index is 1.49. The van der Waals surface area contributed by atoms with Gasteiger partial charge in [0.25, 0.3) is 0 Å². The number of carbonyl (C=O) groups excluding carboxylic acids is 1. The molecule has 0 atom stereocenters. The fraction of sp³-hybridized carbons (Fsp3) is 0.583. The van der Waals surface area contributed by atoms with Crippen molar-refractivity contribution < 1.29 is 14.3 Å².